The fraction of sp³-hybridized carbons (Fsp3) is 1.00. The fourth-order valence-corrected chi connectivity index (χ4v) is 2.13. The zero-order valence-corrected chi connectivity index (χ0v) is 8.18. The van der Waals surface area contributed by atoms with Gasteiger partial charge in [-0.3, -0.25) is 4.90 Å². The van der Waals surface area contributed by atoms with Crippen LogP contribution in [0.25, 0.3) is 0 Å². The third-order valence-corrected chi connectivity index (χ3v) is 3.37. The maximum absolute atomic E-state index is 5.28. The van der Waals surface area contributed by atoms with Crippen LogP contribution in [0.4, 0.5) is 0 Å². The molecule has 0 radical (unpaired) electrons. The Hall–Kier alpha value is -0.0800. The summed E-state index contributed by atoms with van der Waals surface area (Å²) >= 11 is 0. The van der Waals surface area contributed by atoms with Gasteiger partial charge in [-0.15, -0.1) is 0 Å². The fourth-order valence-electron chi connectivity index (χ4n) is 2.13. The van der Waals surface area contributed by atoms with Gasteiger partial charge in [-0.25, -0.2) is 0 Å². The summed E-state index contributed by atoms with van der Waals surface area (Å²) in [5, 5.41) is 0. The molecule has 2 heterocycles. The zero-order valence-electron chi connectivity index (χ0n) is 8.18. The lowest BCUT2D eigenvalue weighted by atomic mass is 9.91. The van der Waals surface area contributed by atoms with E-state index in [1.807, 2.05) is 0 Å². The number of likely N-dealkylation sites (tertiary alicyclic amines) is 1. The van der Waals surface area contributed by atoms with E-state index in [0.29, 0.717) is 5.54 Å². The van der Waals surface area contributed by atoms with Gasteiger partial charge in [0.2, 0.25) is 0 Å². The van der Waals surface area contributed by atoms with E-state index >= 15 is 0 Å². The van der Waals surface area contributed by atoms with Crippen LogP contribution in [0.1, 0.15) is 26.7 Å². The normalized spacial score (nSPS) is 31.5. The van der Waals surface area contributed by atoms with E-state index in [1.54, 1.807) is 0 Å². The minimum absolute atomic E-state index is 0.389. The van der Waals surface area contributed by atoms with Crippen LogP contribution in [-0.4, -0.2) is 36.7 Å². The molecule has 2 nitrogen and oxygen atoms in total. The van der Waals surface area contributed by atoms with Gasteiger partial charge in [0.05, 0.1) is 18.8 Å². The molecule has 0 bridgehead atoms. The molecule has 2 aliphatic rings. The molecule has 2 saturated heterocycles. The van der Waals surface area contributed by atoms with Crippen molar-refractivity contribution in [2.24, 2.45) is 5.92 Å². The van der Waals surface area contributed by atoms with E-state index in [0.717, 1.165) is 19.1 Å². The zero-order chi connectivity index (χ0) is 8.60. The highest BCUT2D eigenvalue weighted by atomic mass is 16.5. The second kappa shape index (κ2) is 3.00. The van der Waals surface area contributed by atoms with Gasteiger partial charge in [0.15, 0.2) is 0 Å². The lowest BCUT2D eigenvalue weighted by molar-refractivity contribution is -0.137. The van der Waals surface area contributed by atoms with E-state index in [4.69, 9.17) is 4.74 Å². The van der Waals surface area contributed by atoms with Crippen molar-refractivity contribution in [3.8, 4) is 0 Å². The highest BCUT2D eigenvalue weighted by molar-refractivity contribution is 4.93. The van der Waals surface area contributed by atoms with Gasteiger partial charge in [0.1, 0.15) is 0 Å². The summed E-state index contributed by atoms with van der Waals surface area (Å²) < 4.78 is 5.28. The van der Waals surface area contributed by atoms with Crippen molar-refractivity contribution in [2.45, 2.75) is 32.2 Å². The molecule has 0 N–H and O–H groups in total. The van der Waals surface area contributed by atoms with Crippen LogP contribution in [0.3, 0.4) is 0 Å². The van der Waals surface area contributed by atoms with Crippen LogP contribution in [0.5, 0.6) is 0 Å². The molecular weight excluding hydrogens is 150 g/mol. The summed E-state index contributed by atoms with van der Waals surface area (Å²) in [7, 11) is 0. The van der Waals surface area contributed by atoms with Crippen molar-refractivity contribution in [3.63, 3.8) is 0 Å². The number of piperidine rings is 1. The monoisotopic (exact) mass is 169 g/mol. The lowest BCUT2D eigenvalue weighted by Crippen LogP contribution is -2.61. The highest BCUT2D eigenvalue weighted by Crippen LogP contribution is 2.29. The van der Waals surface area contributed by atoms with E-state index in [1.165, 1.54) is 25.9 Å². The predicted octanol–water partition coefficient (Wildman–Crippen LogP) is 1.51. The number of rotatable bonds is 1. The second-order valence-electron chi connectivity index (χ2n) is 4.66. The van der Waals surface area contributed by atoms with Crippen LogP contribution < -0.4 is 0 Å². The molecule has 0 aromatic heterocycles. The third kappa shape index (κ3) is 1.38. The predicted molar refractivity (Wildman–Crippen MR) is 49.2 cm³/mol. The molecule has 2 fully saturated rings. The molecule has 70 valence electrons. The standard InChI is InChI=1S/C10H19NO/c1-9-3-5-11(6-4-9)10(2)7-12-8-10/h9H,3-8H2,1-2H3. The van der Waals surface area contributed by atoms with Gasteiger partial charge in [-0.05, 0) is 38.8 Å². The molecule has 2 heteroatoms. The molecule has 0 unspecified atom stereocenters. The lowest BCUT2D eigenvalue weighted by Gasteiger charge is -2.49. The minimum atomic E-state index is 0.389. The average molecular weight is 169 g/mol. The summed E-state index contributed by atoms with van der Waals surface area (Å²) in [5.41, 5.74) is 0.389. The Bertz CT molecular complexity index is 157. The highest BCUT2D eigenvalue weighted by Gasteiger charge is 2.40. The Morgan fingerprint density at radius 3 is 2.25 bits per heavy atom. The van der Waals surface area contributed by atoms with E-state index in [9.17, 15) is 0 Å². The maximum atomic E-state index is 5.28. The van der Waals surface area contributed by atoms with Gasteiger partial charge in [-0.2, -0.15) is 0 Å². The average Bonchev–Trinajstić information content (AvgIpc) is 2.02. The summed E-state index contributed by atoms with van der Waals surface area (Å²) in [6.07, 6.45) is 2.74. The SMILES string of the molecule is CC1CCN(C2(C)COC2)CC1. The Labute approximate surface area is 74.9 Å². The Morgan fingerprint density at radius 1 is 1.25 bits per heavy atom. The molecule has 0 aromatic rings. The molecule has 0 aliphatic carbocycles. The maximum Gasteiger partial charge on any atom is 0.0671 e. The van der Waals surface area contributed by atoms with Gasteiger partial charge in [0.25, 0.3) is 0 Å². The first-order valence-electron chi connectivity index (χ1n) is 5.03. The van der Waals surface area contributed by atoms with E-state index in [2.05, 4.69) is 18.7 Å². The van der Waals surface area contributed by atoms with Gasteiger partial charge >= 0.3 is 0 Å². The quantitative estimate of drug-likeness (QED) is 0.590. The first-order valence-corrected chi connectivity index (χ1v) is 5.03. The second-order valence-corrected chi connectivity index (χ2v) is 4.66. The van der Waals surface area contributed by atoms with Crippen molar-refractivity contribution in [1.29, 1.82) is 0 Å². The number of nitrogens with zero attached hydrogens (tertiary/aromatic N) is 1. The van der Waals surface area contributed by atoms with Crippen molar-refractivity contribution in [3.05, 3.63) is 0 Å². The number of hydrogen-bond donors (Lipinski definition) is 0. The molecule has 0 atom stereocenters. The van der Waals surface area contributed by atoms with Crippen molar-refractivity contribution >= 4 is 0 Å². The Kier molecular flexibility index (Phi) is 2.13. The summed E-state index contributed by atoms with van der Waals surface area (Å²) in [6, 6.07) is 0. The van der Waals surface area contributed by atoms with Gasteiger partial charge in [0, 0.05) is 0 Å². The molecule has 2 rings (SSSR count). The Morgan fingerprint density at radius 2 is 1.83 bits per heavy atom. The summed E-state index contributed by atoms with van der Waals surface area (Å²) in [5.74, 6) is 0.936. The first kappa shape index (κ1) is 8.52. The topological polar surface area (TPSA) is 12.5 Å². The molecule has 0 amide bonds. The van der Waals surface area contributed by atoms with E-state index in [-0.39, 0.29) is 0 Å². The van der Waals surface area contributed by atoms with Crippen molar-refractivity contribution < 1.29 is 4.74 Å². The van der Waals surface area contributed by atoms with Crippen LogP contribution in [-0.2, 0) is 4.74 Å². The van der Waals surface area contributed by atoms with Crippen LogP contribution in [0, 0.1) is 5.92 Å². The summed E-state index contributed by atoms with van der Waals surface area (Å²) in [4.78, 5) is 2.61. The summed E-state index contributed by atoms with van der Waals surface area (Å²) in [6.45, 7) is 9.13. The molecule has 0 spiro atoms. The van der Waals surface area contributed by atoms with Gasteiger partial charge < -0.3 is 4.74 Å². The van der Waals surface area contributed by atoms with Crippen LogP contribution >= 0.6 is 0 Å². The molecular formula is C10H19NO. The third-order valence-electron chi connectivity index (χ3n) is 3.37. The molecule has 2 aliphatic heterocycles. The minimum Gasteiger partial charge on any atom is -0.377 e. The Balaban J connectivity index is 1.88. The molecule has 12 heavy (non-hydrogen) atoms. The first-order chi connectivity index (χ1) is 5.71. The van der Waals surface area contributed by atoms with Crippen LogP contribution in [0.15, 0.2) is 0 Å². The van der Waals surface area contributed by atoms with Crippen molar-refractivity contribution in [1.82, 2.24) is 4.90 Å². The molecule has 0 aromatic carbocycles. The van der Waals surface area contributed by atoms with Crippen LogP contribution in [0.2, 0.25) is 0 Å². The smallest absolute Gasteiger partial charge is 0.0671 e. The van der Waals surface area contributed by atoms with E-state index < -0.39 is 0 Å². The number of ether oxygens (including phenoxy) is 1. The number of hydrogen-bond acceptors (Lipinski definition) is 2. The van der Waals surface area contributed by atoms with Gasteiger partial charge in [-0.1, -0.05) is 6.92 Å². The molecule has 0 saturated carbocycles. The largest absolute Gasteiger partial charge is 0.377 e. The van der Waals surface area contributed by atoms with Crippen molar-refractivity contribution in [2.75, 3.05) is 26.3 Å².